The molecule has 20 heavy (non-hydrogen) atoms. The van der Waals surface area contributed by atoms with Crippen molar-refractivity contribution in [1.29, 1.82) is 0 Å². The summed E-state index contributed by atoms with van der Waals surface area (Å²) in [7, 11) is 1.66. The largest absolute Gasteiger partial charge is 0.497 e. The summed E-state index contributed by atoms with van der Waals surface area (Å²) >= 11 is 0. The van der Waals surface area contributed by atoms with Crippen LogP contribution in [0.15, 0.2) is 48.5 Å². The van der Waals surface area contributed by atoms with Crippen LogP contribution in [0.3, 0.4) is 0 Å². The zero-order valence-electron chi connectivity index (χ0n) is 11.7. The molecular formula is C17H18O3. The Morgan fingerprint density at radius 2 is 1.35 bits per heavy atom. The lowest BCUT2D eigenvalue weighted by atomic mass is 9.99. The molecular weight excluding hydrogens is 252 g/mol. The molecule has 3 nitrogen and oxygen atoms in total. The summed E-state index contributed by atoms with van der Waals surface area (Å²) in [6, 6.07) is 16.3. The molecule has 1 heterocycles. The van der Waals surface area contributed by atoms with Crippen molar-refractivity contribution in [3.05, 3.63) is 65.2 Å². The van der Waals surface area contributed by atoms with E-state index in [0.29, 0.717) is 0 Å². The van der Waals surface area contributed by atoms with E-state index in [4.69, 9.17) is 14.5 Å². The summed E-state index contributed by atoms with van der Waals surface area (Å²) in [6.45, 7) is 2.08. The molecule has 1 saturated heterocycles. The molecule has 0 N–H and O–H groups in total. The third-order valence-corrected chi connectivity index (χ3v) is 3.65. The molecule has 0 spiro atoms. The molecule has 0 aromatic heterocycles. The van der Waals surface area contributed by atoms with Crippen LogP contribution in [0.5, 0.6) is 5.75 Å². The highest BCUT2D eigenvalue weighted by Gasteiger charge is 2.29. The van der Waals surface area contributed by atoms with Gasteiger partial charge >= 0.3 is 0 Å². The number of methoxy groups -OCH3 is 1. The van der Waals surface area contributed by atoms with Gasteiger partial charge in [0.25, 0.3) is 0 Å². The number of benzene rings is 2. The predicted octanol–water partition coefficient (Wildman–Crippen LogP) is 4.14. The van der Waals surface area contributed by atoms with Crippen molar-refractivity contribution in [1.82, 2.24) is 0 Å². The van der Waals surface area contributed by atoms with E-state index >= 15 is 0 Å². The fraction of sp³-hybridized carbons (Fsp3) is 0.294. The van der Waals surface area contributed by atoms with Gasteiger partial charge in [0.15, 0.2) is 0 Å². The van der Waals surface area contributed by atoms with Gasteiger partial charge in [-0.25, -0.2) is 9.78 Å². The summed E-state index contributed by atoms with van der Waals surface area (Å²) in [5, 5.41) is 0. The third-order valence-electron chi connectivity index (χ3n) is 3.65. The van der Waals surface area contributed by atoms with Crippen LogP contribution in [0.25, 0.3) is 0 Å². The van der Waals surface area contributed by atoms with Crippen molar-refractivity contribution in [2.45, 2.75) is 25.6 Å². The van der Waals surface area contributed by atoms with Gasteiger partial charge in [0.1, 0.15) is 18.0 Å². The van der Waals surface area contributed by atoms with E-state index in [9.17, 15) is 0 Å². The van der Waals surface area contributed by atoms with Crippen molar-refractivity contribution in [3.8, 4) is 5.75 Å². The van der Waals surface area contributed by atoms with Gasteiger partial charge < -0.3 is 4.74 Å². The van der Waals surface area contributed by atoms with Crippen LogP contribution < -0.4 is 4.74 Å². The number of hydrogen-bond donors (Lipinski definition) is 0. The van der Waals surface area contributed by atoms with Gasteiger partial charge in [-0.2, -0.15) is 0 Å². The maximum absolute atomic E-state index is 5.47. The third kappa shape index (κ3) is 2.69. The van der Waals surface area contributed by atoms with Crippen molar-refractivity contribution in [3.63, 3.8) is 0 Å². The van der Waals surface area contributed by atoms with Crippen LogP contribution in [0.4, 0.5) is 0 Å². The SMILES string of the molecule is COc1ccc([C@@H]2CC(c3ccc(C)cc3)OO2)cc1. The van der Waals surface area contributed by atoms with Gasteiger partial charge in [-0.3, -0.25) is 0 Å². The zero-order chi connectivity index (χ0) is 13.9. The minimum atomic E-state index is -0.0211. The van der Waals surface area contributed by atoms with Gasteiger partial charge in [0.05, 0.1) is 7.11 Å². The number of rotatable bonds is 3. The smallest absolute Gasteiger partial charge is 0.121 e. The Bertz CT molecular complexity index is 560. The predicted molar refractivity (Wildman–Crippen MR) is 76.4 cm³/mol. The summed E-state index contributed by atoms with van der Waals surface area (Å²) in [5.41, 5.74) is 3.52. The minimum Gasteiger partial charge on any atom is -0.497 e. The first-order chi connectivity index (χ1) is 9.76. The highest BCUT2D eigenvalue weighted by Crippen LogP contribution is 2.39. The lowest BCUT2D eigenvalue weighted by molar-refractivity contribution is -0.300. The van der Waals surface area contributed by atoms with E-state index in [-0.39, 0.29) is 12.2 Å². The fourth-order valence-electron chi connectivity index (χ4n) is 2.39. The standard InChI is InChI=1S/C17H18O3/c1-12-3-5-13(6-4-12)16-11-17(20-19-16)14-7-9-15(18-2)10-8-14/h3-10,16-17H,11H2,1-2H3/t16?,17-/m0/s1. The van der Waals surface area contributed by atoms with Crippen LogP contribution in [0.2, 0.25) is 0 Å². The first-order valence-corrected chi connectivity index (χ1v) is 6.79. The van der Waals surface area contributed by atoms with Crippen molar-refractivity contribution in [2.24, 2.45) is 0 Å². The first kappa shape index (κ1) is 13.2. The number of hydrogen-bond acceptors (Lipinski definition) is 3. The van der Waals surface area contributed by atoms with Gasteiger partial charge in [-0.05, 0) is 30.2 Å². The summed E-state index contributed by atoms with van der Waals surface area (Å²) in [5.74, 6) is 0.850. The van der Waals surface area contributed by atoms with E-state index < -0.39 is 0 Å². The molecule has 1 aliphatic rings. The molecule has 2 aromatic carbocycles. The quantitative estimate of drug-likeness (QED) is 0.785. The van der Waals surface area contributed by atoms with E-state index in [1.807, 2.05) is 24.3 Å². The van der Waals surface area contributed by atoms with Gasteiger partial charge in [0, 0.05) is 6.42 Å². The maximum Gasteiger partial charge on any atom is 0.121 e. The Hall–Kier alpha value is -1.84. The second-order valence-electron chi connectivity index (χ2n) is 5.09. The number of aryl methyl sites for hydroxylation is 1. The zero-order valence-corrected chi connectivity index (χ0v) is 11.7. The normalized spacial score (nSPS) is 21.9. The van der Waals surface area contributed by atoms with Crippen LogP contribution in [0.1, 0.15) is 35.3 Å². The average Bonchev–Trinajstić information content (AvgIpc) is 2.98. The molecule has 0 aliphatic carbocycles. The maximum atomic E-state index is 5.47. The lowest BCUT2D eigenvalue weighted by Gasteiger charge is -2.08. The Labute approximate surface area is 119 Å². The Morgan fingerprint density at radius 1 is 0.850 bits per heavy atom. The second kappa shape index (κ2) is 5.65. The molecule has 1 aliphatic heterocycles. The molecule has 1 unspecified atom stereocenters. The summed E-state index contributed by atoms with van der Waals surface area (Å²) < 4.78 is 5.16. The highest BCUT2D eigenvalue weighted by atomic mass is 17.2. The van der Waals surface area contributed by atoms with Gasteiger partial charge in [-0.15, -0.1) is 0 Å². The second-order valence-corrected chi connectivity index (χ2v) is 5.09. The molecule has 104 valence electrons. The van der Waals surface area contributed by atoms with E-state index in [0.717, 1.165) is 23.3 Å². The molecule has 2 aromatic rings. The van der Waals surface area contributed by atoms with E-state index in [1.54, 1.807) is 7.11 Å². The van der Waals surface area contributed by atoms with Crippen LogP contribution in [-0.2, 0) is 9.78 Å². The van der Waals surface area contributed by atoms with E-state index in [1.165, 1.54) is 5.56 Å². The van der Waals surface area contributed by atoms with Crippen molar-refractivity contribution >= 4 is 0 Å². The summed E-state index contributed by atoms with van der Waals surface area (Å²) in [4.78, 5) is 10.9. The molecule has 2 atom stereocenters. The van der Waals surface area contributed by atoms with Gasteiger partial charge in [0.2, 0.25) is 0 Å². The monoisotopic (exact) mass is 270 g/mol. The topological polar surface area (TPSA) is 27.7 Å². The molecule has 1 fully saturated rings. The average molecular weight is 270 g/mol. The van der Waals surface area contributed by atoms with Gasteiger partial charge in [-0.1, -0.05) is 42.0 Å². The summed E-state index contributed by atoms with van der Waals surface area (Å²) in [6.07, 6.45) is 0.810. The Morgan fingerprint density at radius 3 is 1.85 bits per heavy atom. The van der Waals surface area contributed by atoms with Crippen LogP contribution >= 0.6 is 0 Å². The Balaban J connectivity index is 1.71. The molecule has 0 saturated carbocycles. The van der Waals surface area contributed by atoms with Crippen LogP contribution in [0, 0.1) is 6.92 Å². The highest BCUT2D eigenvalue weighted by molar-refractivity contribution is 5.29. The molecule has 0 bridgehead atoms. The first-order valence-electron chi connectivity index (χ1n) is 6.79. The molecule has 3 rings (SSSR count). The molecule has 0 amide bonds. The fourth-order valence-corrected chi connectivity index (χ4v) is 2.39. The van der Waals surface area contributed by atoms with E-state index in [2.05, 4.69) is 31.2 Å². The van der Waals surface area contributed by atoms with Crippen molar-refractivity contribution in [2.75, 3.05) is 7.11 Å². The van der Waals surface area contributed by atoms with Crippen molar-refractivity contribution < 1.29 is 14.5 Å². The number of ether oxygens (including phenoxy) is 1. The molecule has 0 radical (unpaired) electrons. The molecule has 3 heteroatoms. The van der Waals surface area contributed by atoms with Crippen LogP contribution in [-0.4, -0.2) is 7.11 Å². The Kier molecular flexibility index (Phi) is 3.72. The minimum absolute atomic E-state index is 0.00250. The lowest BCUT2D eigenvalue weighted by Crippen LogP contribution is -1.96.